The lowest BCUT2D eigenvalue weighted by Crippen LogP contribution is -2.21. The van der Waals surface area contributed by atoms with E-state index in [4.69, 9.17) is 4.74 Å². The normalized spacial score (nSPS) is 10.0. The van der Waals surface area contributed by atoms with Gasteiger partial charge in [-0.15, -0.1) is 0 Å². The lowest BCUT2D eigenvalue weighted by atomic mass is 10.2. The van der Waals surface area contributed by atoms with Crippen LogP contribution >= 0.6 is 0 Å². The Kier molecular flexibility index (Phi) is 5.10. The van der Waals surface area contributed by atoms with Crippen molar-refractivity contribution in [2.45, 2.75) is 6.92 Å². The van der Waals surface area contributed by atoms with Gasteiger partial charge in [0.25, 0.3) is 11.6 Å². The summed E-state index contributed by atoms with van der Waals surface area (Å²) >= 11 is 0. The standard InChI is InChI=1S/C16H14N2O6/c1-10-5-6-12(8-14(10)18(22)23)17-15(20)9-24-16(21)11-3-2-4-13(19)7-11/h2-8,19H,9H2,1H3,(H,17,20). The summed E-state index contributed by atoms with van der Waals surface area (Å²) in [6.45, 7) is 1.02. The maximum absolute atomic E-state index is 11.8. The zero-order valence-corrected chi connectivity index (χ0v) is 12.7. The van der Waals surface area contributed by atoms with Crippen LogP contribution in [-0.2, 0) is 9.53 Å². The number of nitrogens with one attached hydrogen (secondary N) is 1. The van der Waals surface area contributed by atoms with Crippen molar-refractivity contribution >= 4 is 23.3 Å². The average molecular weight is 330 g/mol. The minimum Gasteiger partial charge on any atom is -0.508 e. The number of nitro groups is 1. The summed E-state index contributed by atoms with van der Waals surface area (Å²) in [6, 6.07) is 9.76. The van der Waals surface area contributed by atoms with Crippen LogP contribution in [0.5, 0.6) is 5.75 Å². The van der Waals surface area contributed by atoms with E-state index in [2.05, 4.69) is 5.32 Å². The van der Waals surface area contributed by atoms with E-state index in [1.54, 1.807) is 6.92 Å². The van der Waals surface area contributed by atoms with Crippen molar-refractivity contribution in [2.75, 3.05) is 11.9 Å². The third-order valence-electron chi connectivity index (χ3n) is 3.11. The fourth-order valence-electron chi connectivity index (χ4n) is 1.93. The second kappa shape index (κ2) is 7.23. The quantitative estimate of drug-likeness (QED) is 0.493. The first-order valence-electron chi connectivity index (χ1n) is 6.88. The van der Waals surface area contributed by atoms with Crippen molar-refractivity contribution in [1.82, 2.24) is 0 Å². The van der Waals surface area contributed by atoms with Gasteiger partial charge >= 0.3 is 5.97 Å². The molecule has 2 rings (SSSR count). The Morgan fingerprint density at radius 1 is 1.25 bits per heavy atom. The molecular formula is C16H14N2O6. The Morgan fingerprint density at radius 3 is 2.67 bits per heavy atom. The summed E-state index contributed by atoms with van der Waals surface area (Å²) in [5, 5.41) is 22.6. The van der Waals surface area contributed by atoms with Gasteiger partial charge in [-0.05, 0) is 31.2 Å². The van der Waals surface area contributed by atoms with Gasteiger partial charge in [-0.25, -0.2) is 4.79 Å². The second-order valence-corrected chi connectivity index (χ2v) is 4.93. The predicted molar refractivity (Wildman–Crippen MR) is 84.9 cm³/mol. The molecule has 0 heterocycles. The largest absolute Gasteiger partial charge is 0.508 e. The molecule has 8 nitrogen and oxygen atoms in total. The van der Waals surface area contributed by atoms with Crippen LogP contribution in [0.15, 0.2) is 42.5 Å². The minimum absolute atomic E-state index is 0.0964. The van der Waals surface area contributed by atoms with Crippen LogP contribution in [0, 0.1) is 17.0 Å². The molecule has 124 valence electrons. The Hall–Kier alpha value is -3.42. The van der Waals surface area contributed by atoms with E-state index < -0.39 is 23.4 Å². The van der Waals surface area contributed by atoms with Gasteiger partial charge < -0.3 is 15.2 Å². The van der Waals surface area contributed by atoms with Crippen LogP contribution in [0.4, 0.5) is 11.4 Å². The summed E-state index contributed by atoms with van der Waals surface area (Å²) in [5.74, 6) is -1.50. The highest BCUT2D eigenvalue weighted by atomic mass is 16.6. The van der Waals surface area contributed by atoms with Crippen LogP contribution in [0.2, 0.25) is 0 Å². The summed E-state index contributed by atoms with van der Waals surface area (Å²) in [5.41, 5.74) is 0.678. The Morgan fingerprint density at radius 2 is 2.00 bits per heavy atom. The molecule has 24 heavy (non-hydrogen) atoms. The van der Waals surface area contributed by atoms with E-state index in [1.807, 2.05) is 0 Å². The first kappa shape index (κ1) is 16.9. The van der Waals surface area contributed by atoms with Crippen LogP contribution in [0.25, 0.3) is 0 Å². The summed E-state index contributed by atoms with van der Waals surface area (Å²) in [7, 11) is 0. The first-order valence-corrected chi connectivity index (χ1v) is 6.88. The number of esters is 1. The van der Waals surface area contributed by atoms with Gasteiger partial charge in [0, 0.05) is 17.3 Å². The van der Waals surface area contributed by atoms with Gasteiger partial charge in [-0.1, -0.05) is 12.1 Å². The van der Waals surface area contributed by atoms with Crippen molar-refractivity contribution in [1.29, 1.82) is 0 Å². The molecule has 0 aromatic heterocycles. The molecular weight excluding hydrogens is 316 g/mol. The van der Waals surface area contributed by atoms with Crippen molar-refractivity contribution < 1.29 is 24.4 Å². The molecule has 0 atom stereocenters. The zero-order chi connectivity index (χ0) is 17.7. The lowest BCUT2D eigenvalue weighted by molar-refractivity contribution is -0.385. The highest BCUT2D eigenvalue weighted by Crippen LogP contribution is 2.22. The molecule has 0 radical (unpaired) electrons. The molecule has 0 bridgehead atoms. The summed E-state index contributed by atoms with van der Waals surface area (Å²) < 4.78 is 4.82. The van der Waals surface area contributed by atoms with Crippen LogP contribution in [-0.4, -0.2) is 28.5 Å². The number of aryl methyl sites for hydroxylation is 1. The summed E-state index contributed by atoms with van der Waals surface area (Å²) in [4.78, 5) is 33.8. The van der Waals surface area contributed by atoms with Gasteiger partial charge in [0.2, 0.25) is 0 Å². The number of nitro benzene ring substituents is 1. The van der Waals surface area contributed by atoms with E-state index in [-0.39, 0.29) is 22.7 Å². The molecule has 0 aliphatic carbocycles. The van der Waals surface area contributed by atoms with Gasteiger partial charge in [0.15, 0.2) is 6.61 Å². The topological polar surface area (TPSA) is 119 Å². The number of aromatic hydroxyl groups is 1. The van der Waals surface area contributed by atoms with Crippen molar-refractivity contribution in [2.24, 2.45) is 0 Å². The van der Waals surface area contributed by atoms with E-state index in [9.17, 15) is 24.8 Å². The molecule has 0 fully saturated rings. The Bertz CT molecular complexity index is 803. The molecule has 8 heteroatoms. The minimum atomic E-state index is -0.768. The monoisotopic (exact) mass is 330 g/mol. The number of anilines is 1. The number of carbonyl (C=O) groups excluding carboxylic acids is 2. The molecule has 0 saturated heterocycles. The van der Waals surface area contributed by atoms with Crippen LogP contribution in [0.3, 0.4) is 0 Å². The summed E-state index contributed by atoms with van der Waals surface area (Å²) in [6.07, 6.45) is 0. The molecule has 0 unspecified atom stereocenters. The average Bonchev–Trinajstić information content (AvgIpc) is 2.54. The number of rotatable bonds is 5. The highest BCUT2D eigenvalue weighted by molar-refractivity contribution is 5.95. The Labute approximate surface area is 136 Å². The third-order valence-corrected chi connectivity index (χ3v) is 3.11. The number of carbonyl (C=O) groups is 2. The van der Waals surface area contributed by atoms with E-state index in [0.717, 1.165) is 0 Å². The highest BCUT2D eigenvalue weighted by Gasteiger charge is 2.14. The second-order valence-electron chi connectivity index (χ2n) is 4.93. The molecule has 0 aliphatic rings. The van der Waals surface area contributed by atoms with Gasteiger partial charge in [0.05, 0.1) is 10.5 Å². The van der Waals surface area contributed by atoms with E-state index >= 15 is 0 Å². The fourth-order valence-corrected chi connectivity index (χ4v) is 1.93. The SMILES string of the molecule is Cc1ccc(NC(=O)COC(=O)c2cccc(O)c2)cc1[N+](=O)[O-]. The van der Waals surface area contributed by atoms with E-state index in [0.29, 0.717) is 5.56 Å². The number of nitrogens with zero attached hydrogens (tertiary/aromatic N) is 1. The molecule has 0 saturated carbocycles. The number of hydrogen-bond donors (Lipinski definition) is 2. The maximum Gasteiger partial charge on any atom is 0.338 e. The van der Waals surface area contributed by atoms with Gasteiger partial charge in [-0.3, -0.25) is 14.9 Å². The molecule has 0 spiro atoms. The van der Waals surface area contributed by atoms with E-state index in [1.165, 1.54) is 42.5 Å². The van der Waals surface area contributed by atoms with Crippen molar-refractivity contribution in [3.63, 3.8) is 0 Å². The van der Waals surface area contributed by atoms with Crippen molar-refractivity contribution in [3.8, 4) is 5.75 Å². The van der Waals surface area contributed by atoms with Gasteiger partial charge in [0.1, 0.15) is 5.75 Å². The number of ether oxygens (including phenoxy) is 1. The molecule has 1 amide bonds. The van der Waals surface area contributed by atoms with Gasteiger partial charge in [-0.2, -0.15) is 0 Å². The molecule has 0 aliphatic heterocycles. The third kappa shape index (κ3) is 4.29. The number of benzene rings is 2. The number of phenolic OH excluding ortho intramolecular Hbond substituents is 1. The predicted octanol–water partition coefficient (Wildman–Crippen LogP) is 2.40. The van der Waals surface area contributed by atoms with Crippen molar-refractivity contribution in [3.05, 3.63) is 63.7 Å². The van der Waals surface area contributed by atoms with Crippen LogP contribution < -0.4 is 5.32 Å². The Balaban J connectivity index is 1.95. The zero-order valence-electron chi connectivity index (χ0n) is 12.7. The fraction of sp³-hybridized carbons (Fsp3) is 0.125. The molecule has 2 aromatic rings. The molecule has 2 N–H and O–H groups in total. The number of amides is 1. The smallest absolute Gasteiger partial charge is 0.338 e. The van der Waals surface area contributed by atoms with Crippen LogP contribution in [0.1, 0.15) is 15.9 Å². The first-order chi connectivity index (χ1) is 11.4. The number of phenols is 1. The maximum atomic E-state index is 11.8. The lowest BCUT2D eigenvalue weighted by Gasteiger charge is -2.07. The number of hydrogen-bond acceptors (Lipinski definition) is 6. The molecule has 2 aromatic carbocycles.